The lowest BCUT2D eigenvalue weighted by Gasteiger charge is -2.33. The highest BCUT2D eigenvalue weighted by Gasteiger charge is 2.26. The number of carbonyl (C=O) groups is 1. The molecular formula is C23H30N2O4. The third kappa shape index (κ3) is 4.48. The SMILES string of the molecule is CCCN(C(=O)c1cc(C(C)C)c(O)cc1O)c1ccccc1N1CCOCC1. The zero-order valence-electron chi connectivity index (χ0n) is 17.4. The van der Waals surface area contributed by atoms with Gasteiger partial charge < -0.3 is 24.7 Å². The third-order valence-corrected chi connectivity index (χ3v) is 5.21. The highest BCUT2D eigenvalue weighted by molar-refractivity contribution is 6.09. The van der Waals surface area contributed by atoms with Crippen molar-refractivity contribution in [3.63, 3.8) is 0 Å². The quantitative estimate of drug-likeness (QED) is 0.766. The van der Waals surface area contributed by atoms with Gasteiger partial charge in [0.25, 0.3) is 5.91 Å². The molecule has 2 N–H and O–H groups in total. The van der Waals surface area contributed by atoms with Crippen LogP contribution in [0.2, 0.25) is 0 Å². The predicted octanol–water partition coefficient (Wildman–Crippen LogP) is 4.11. The van der Waals surface area contributed by atoms with Crippen LogP contribution in [0.1, 0.15) is 49.0 Å². The molecule has 29 heavy (non-hydrogen) atoms. The molecule has 6 nitrogen and oxygen atoms in total. The Morgan fingerprint density at radius 3 is 2.48 bits per heavy atom. The van der Waals surface area contributed by atoms with Gasteiger partial charge in [0.15, 0.2) is 0 Å². The lowest BCUT2D eigenvalue weighted by atomic mass is 9.98. The Labute approximate surface area is 172 Å². The molecule has 1 saturated heterocycles. The molecule has 0 bridgehead atoms. The molecule has 0 spiro atoms. The van der Waals surface area contributed by atoms with Crippen molar-refractivity contribution in [3.8, 4) is 11.5 Å². The summed E-state index contributed by atoms with van der Waals surface area (Å²) in [5.74, 6) is -0.443. The number of carbonyl (C=O) groups excluding carboxylic acids is 1. The van der Waals surface area contributed by atoms with E-state index in [1.807, 2.05) is 45.0 Å². The van der Waals surface area contributed by atoms with Crippen molar-refractivity contribution in [2.75, 3.05) is 42.6 Å². The first kappa shape index (κ1) is 21.0. The first-order valence-corrected chi connectivity index (χ1v) is 10.2. The number of phenols is 2. The molecule has 0 saturated carbocycles. The van der Waals surface area contributed by atoms with Gasteiger partial charge in [0, 0.05) is 25.7 Å². The van der Waals surface area contributed by atoms with Crippen LogP contribution in [-0.2, 0) is 4.74 Å². The summed E-state index contributed by atoms with van der Waals surface area (Å²) in [5.41, 5.74) is 2.65. The number of aromatic hydroxyl groups is 2. The van der Waals surface area contributed by atoms with Crippen LogP contribution < -0.4 is 9.80 Å². The van der Waals surface area contributed by atoms with Gasteiger partial charge in [0.05, 0.1) is 30.2 Å². The van der Waals surface area contributed by atoms with E-state index in [4.69, 9.17) is 4.74 Å². The Morgan fingerprint density at radius 2 is 1.83 bits per heavy atom. The van der Waals surface area contributed by atoms with E-state index in [0.29, 0.717) is 25.3 Å². The van der Waals surface area contributed by atoms with Crippen molar-refractivity contribution < 1.29 is 19.7 Å². The largest absolute Gasteiger partial charge is 0.508 e. The molecule has 6 heteroatoms. The zero-order valence-corrected chi connectivity index (χ0v) is 17.4. The Morgan fingerprint density at radius 1 is 1.14 bits per heavy atom. The van der Waals surface area contributed by atoms with E-state index < -0.39 is 0 Å². The molecule has 1 aliphatic heterocycles. The van der Waals surface area contributed by atoms with E-state index in [1.165, 1.54) is 6.07 Å². The van der Waals surface area contributed by atoms with Crippen molar-refractivity contribution in [1.82, 2.24) is 0 Å². The van der Waals surface area contributed by atoms with Gasteiger partial charge >= 0.3 is 0 Å². The monoisotopic (exact) mass is 398 g/mol. The first-order chi connectivity index (χ1) is 13.9. The van der Waals surface area contributed by atoms with Crippen LogP contribution in [0.5, 0.6) is 11.5 Å². The molecule has 156 valence electrons. The van der Waals surface area contributed by atoms with Crippen LogP contribution >= 0.6 is 0 Å². The van der Waals surface area contributed by atoms with Gasteiger partial charge in [0.2, 0.25) is 0 Å². The topological polar surface area (TPSA) is 73.2 Å². The predicted molar refractivity (Wildman–Crippen MR) is 115 cm³/mol. The molecule has 1 aliphatic rings. The number of ether oxygens (including phenoxy) is 1. The van der Waals surface area contributed by atoms with Crippen LogP contribution in [0.15, 0.2) is 36.4 Å². The maximum absolute atomic E-state index is 13.5. The number of rotatable bonds is 6. The normalized spacial score (nSPS) is 14.3. The number of anilines is 2. The van der Waals surface area contributed by atoms with Crippen molar-refractivity contribution in [2.45, 2.75) is 33.1 Å². The van der Waals surface area contributed by atoms with Crippen LogP contribution in [-0.4, -0.2) is 49.0 Å². The molecule has 0 radical (unpaired) electrons. The van der Waals surface area contributed by atoms with Gasteiger partial charge in [-0.2, -0.15) is 0 Å². The van der Waals surface area contributed by atoms with Crippen molar-refractivity contribution in [2.24, 2.45) is 0 Å². The number of morpholine rings is 1. The van der Waals surface area contributed by atoms with E-state index in [-0.39, 0.29) is 28.9 Å². The molecule has 0 unspecified atom stereocenters. The van der Waals surface area contributed by atoms with E-state index in [0.717, 1.165) is 30.9 Å². The maximum atomic E-state index is 13.5. The van der Waals surface area contributed by atoms with Crippen LogP contribution in [0, 0.1) is 0 Å². The van der Waals surface area contributed by atoms with Crippen LogP contribution in [0.3, 0.4) is 0 Å². The summed E-state index contributed by atoms with van der Waals surface area (Å²) in [7, 11) is 0. The minimum Gasteiger partial charge on any atom is -0.508 e. The Balaban J connectivity index is 2.03. The van der Waals surface area contributed by atoms with Gasteiger partial charge in [-0.3, -0.25) is 4.79 Å². The molecule has 2 aromatic rings. The number of nitrogens with zero attached hydrogens (tertiary/aromatic N) is 2. The molecule has 3 rings (SSSR count). The lowest BCUT2D eigenvalue weighted by molar-refractivity contribution is 0.0984. The van der Waals surface area contributed by atoms with E-state index in [2.05, 4.69) is 4.90 Å². The fraction of sp³-hybridized carbons (Fsp3) is 0.435. The van der Waals surface area contributed by atoms with Crippen molar-refractivity contribution in [1.29, 1.82) is 0 Å². The maximum Gasteiger partial charge on any atom is 0.262 e. The Hall–Kier alpha value is -2.73. The first-order valence-electron chi connectivity index (χ1n) is 10.2. The third-order valence-electron chi connectivity index (χ3n) is 5.21. The van der Waals surface area contributed by atoms with Crippen molar-refractivity contribution in [3.05, 3.63) is 47.5 Å². The van der Waals surface area contributed by atoms with E-state index in [1.54, 1.807) is 11.0 Å². The number of benzene rings is 2. The molecule has 0 aliphatic carbocycles. The molecule has 1 amide bonds. The summed E-state index contributed by atoms with van der Waals surface area (Å²) < 4.78 is 5.47. The van der Waals surface area contributed by atoms with Gasteiger partial charge in [-0.25, -0.2) is 0 Å². The highest BCUT2D eigenvalue weighted by Crippen LogP contribution is 2.36. The molecule has 2 aromatic carbocycles. The number of para-hydroxylation sites is 2. The molecule has 0 atom stereocenters. The summed E-state index contributed by atoms with van der Waals surface area (Å²) in [5, 5.41) is 20.6. The molecule has 0 aromatic heterocycles. The smallest absolute Gasteiger partial charge is 0.262 e. The van der Waals surface area contributed by atoms with Gasteiger partial charge in [-0.15, -0.1) is 0 Å². The number of hydrogen-bond donors (Lipinski definition) is 2. The zero-order chi connectivity index (χ0) is 21.0. The van der Waals surface area contributed by atoms with Crippen molar-refractivity contribution >= 4 is 17.3 Å². The fourth-order valence-corrected chi connectivity index (χ4v) is 3.69. The highest BCUT2D eigenvalue weighted by atomic mass is 16.5. The number of hydrogen-bond acceptors (Lipinski definition) is 5. The van der Waals surface area contributed by atoms with Crippen LogP contribution in [0.4, 0.5) is 11.4 Å². The average Bonchev–Trinajstić information content (AvgIpc) is 2.72. The summed E-state index contributed by atoms with van der Waals surface area (Å²) in [6.45, 7) is 9.29. The minimum atomic E-state index is -0.271. The van der Waals surface area contributed by atoms with E-state index >= 15 is 0 Å². The number of phenolic OH excluding ortho intramolecular Hbond substituents is 2. The second-order valence-electron chi connectivity index (χ2n) is 7.63. The second kappa shape index (κ2) is 9.18. The van der Waals surface area contributed by atoms with Gasteiger partial charge in [-0.05, 0) is 36.1 Å². The summed E-state index contributed by atoms with van der Waals surface area (Å²) in [6, 6.07) is 10.7. The standard InChI is InChI=1S/C23H30N2O4/c1-4-9-25(20-8-6-5-7-19(20)24-10-12-29-13-11-24)23(28)18-14-17(16(2)3)21(26)15-22(18)27/h5-8,14-16,26-27H,4,9-13H2,1-3H3. The molecule has 1 heterocycles. The lowest BCUT2D eigenvalue weighted by Crippen LogP contribution is -2.39. The van der Waals surface area contributed by atoms with Gasteiger partial charge in [0.1, 0.15) is 11.5 Å². The van der Waals surface area contributed by atoms with Gasteiger partial charge in [-0.1, -0.05) is 32.9 Å². The second-order valence-corrected chi connectivity index (χ2v) is 7.63. The summed E-state index contributed by atoms with van der Waals surface area (Å²) >= 11 is 0. The summed E-state index contributed by atoms with van der Waals surface area (Å²) in [4.78, 5) is 17.5. The number of amides is 1. The average molecular weight is 399 g/mol. The Kier molecular flexibility index (Phi) is 6.64. The fourth-order valence-electron chi connectivity index (χ4n) is 3.69. The van der Waals surface area contributed by atoms with Crippen LogP contribution in [0.25, 0.3) is 0 Å². The summed E-state index contributed by atoms with van der Waals surface area (Å²) in [6.07, 6.45) is 0.777. The van der Waals surface area contributed by atoms with E-state index in [9.17, 15) is 15.0 Å². The Bertz CT molecular complexity index is 860. The minimum absolute atomic E-state index is 0.00445. The molecular weight excluding hydrogens is 368 g/mol. The molecule has 1 fully saturated rings.